The van der Waals surface area contributed by atoms with E-state index in [9.17, 15) is 0 Å². The van der Waals surface area contributed by atoms with Crippen LogP contribution in [0.5, 0.6) is 5.75 Å². The molecule has 0 saturated heterocycles. The number of hydrogen-bond acceptors (Lipinski definition) is 1. The van der Waals surface area contributed by atoms with Gasteiger partial charge in [0, 0.05) is 0 Å². The molecule has 0 bridgehead atoms. The molecule has 0 unspecified atom stereocenters. The Balaban J connectivity index is 2.67. The molecule has 1 heterocycles. The Kier molecular flexibility index (Phi) is 1.72. The monoisotopic (exact) mass is 212 g/mol. The maximum atomic E-state index is 5.11. The Morgan fingerprint density at radius 1 is 1.27 bits per heavy atom. The van der Waals surface area contributed by atoms with Crippen molar-refractivity contribution in [3.8, 4) is 5.75 Å². The van der Waals surface area contributed by atoms with Gasteiger partial charge in [-0.3, -0.25) is 0 Å². The first-order valence-electron chi connectivity index (χ1n) is 3.41. The van der Waals surface area contributed by atoms with Crippen LogP contribution in [-0.4, -0.2) is 21.6 Å². The van der Waals surface area contributed by atoms with Crippen LogP contribution in [0.3, 0.4) is 0 Å². The summed E-state index contributed by atoms with van der Waals surface area (Å²) in [5.41, 5.74) is 0. The van der Waals surface area contributed by atoms with E-state index in [0.29, 0.717) is 14.5 Å². The Morgan fingerprint density at radius 2 is 2.18 bits per heavy atom. The molecule has 2 aromatic rings. The van der Waals surface area contributed by atoms with Crippen LogP contribution in [0.1, 0.15) is 0 Å². The number of fused-ring (bicyclic) bond motifs is 1. The number of methoxy groups -OCH3 is 1. The molecule has 11 heavy (non-hydrogen) atoms. The number of ether oxygens (including phenoxy) is 1. The molecular weight excluding hydrogens is 203 g/mol. The van der Waals surface area contributed by atoms with E-state index in [1.54, 1.807) is 7.11 Å². The van der Waals surface area contributed by atoms with Crippen molar-refractivity contribution >= 4 is 24.1 Å². The summed E-state index contributed by atoms with van der Waals surface area (Å²) in [6, 6.07) is 8.42. The van der Waals surface area contributed by atoms with Gasteiger partial charge >= 0.3 is 71.0 Å². The molecule has 0 aliphatic rings. The van der Waals surface area contributed by atoms with E-state index in [2.05, 4.69) is 23.1 Å². The Labute approximate surface area is 71.3 Å². The summed E-state index contributed by atoms with van der Waals surface area (Å²) >= 11 is 0.557. The third kappa shape index (κ3) is 1.20. The second-order valence-corrected chi connectivity index (χ2v) is 4.31. The van der Waals surface area contributed by atoms with Crippen LogP contribution >= 0.6 is 0 Å². The first kappa shape index (κ1) is 6.96. The molecule has 0 aliphatic heterocycles. The van der Waals surface area contributed by atoms with Crippen molar-refractivity contribution in [2.24, 2.45) is 0 Å². The van der Waals surface area contributed by atoms with Crippen molar-refractivity contribution in [1.82, 2.24) is 0 Å². The van der Waals surface area contributed by atoms with Gasteiger partial charge in [-0.25, -0.2) is 0 Å². The van der Waals surface area contributed by atoms with Crippen molar-refractivity contribution in [2.45, 2.75) is 0 Å². The van der Waals surface area contributed by atoms with E-state index in [-0.39, 0.29) is 0 Å². The third-order valence-electron chi connectivity index (χ3n) is 1.66. The maximum absolute atomic E-state index is 5.11. The Morgan fingerprint density at radius 3 is 3.00 bits per heavy atom. The second kappa shape index (κ2) is 2.72. The summed E-state index contributed by atoms with van der Waals surface area (Å²) in [6.07, 6.45) is 0. The fraction of sp³-hybridized carbons (Fsp3) is 0.111. The van der Waals surface area contributed by atoms with Gasteiger partial charge in [-0.15, -0.1) is 0 Å². The number of rotatable bonds is 1. The standard InChI is InChI=1S/C9H8OSe/c1-10-8-2-3-9-7(6-8)4-5-11-9/h2-6H,1H3. The molecule has 0 amide bonds. The minimum absolute atomic E-state index is 0.557. The van der Waals surface area contributed by atoms with Crippen molar-refractivity contribution < 1.29 is 4.74 Å². The Hall–Kier alpha value is -0.721. The average molecular weight is 211 g/mol. The zero-order valence-electron chi connectivity index (χ0n) is 6.20. The predicted octanol–water partition coefficient (Wildman–Crippen LogP) is 1.91. The topological polar surface area (TPSA) is 9.23 Å². The fourth-order valence-corrected chi connectivity index (χ4v) is 2.69. The van der Waals surface area contributed by atoms with Crippen LogP contribution in [0.4, 0.5) is 0 Å². The van der Waals surface area contributed by atoms with E-state index in [1.165, 1.54) is 9.65 Å². The molecule has 1 nitrogen and oxygen atoms in total. The average Bonchev–Trinajstić information content (AvgIpc) is 2.50. The van der Waals surface area contributed by atoms with Gasteiger partial charge in [-0.2, -0.15) is 0 Å². The molecule has 0 radical (unpaired) electrons. The minimum atomic E-state index is 0.557. The molecular formula is C9H8OSe. The second-order valence-electron chi connectivity index (χ2n) is 2.32. The fourth-order valence-electron chi connectivity index (χ4n) is 1.07. The summed E-state index contributed by atoms with van der Waals surface area (Å²) in [5, 5.41) is 1.32. The molecule has 56 valence electrons. The van der Waals surface area contributed by atoms with Gasteiger partial charge in [-0.1, -0.05) is 0 Å². The van der Waals surface area contributed by atoms with Crippen molar-refractivity contribution in [2.75, 3.05) is 7.11 Å². The van der Waals surface area contributed by atoms with Crippen LogP contribution in [0, 0.1) is 0 Å². The van der Waals surface area contributed by atoms with Crippen molar-refractivity contribution in [3.05, 3.63) is 29.2 Å². The molecule has 2 rings (SSSR count). The van der Waals surface area contributed by atoms with Crippen LogP contribution < -0.4 is 4.74 Å². The molecule has 1 aromatic heterocycles. The van der Waals surface area contributed by atoms with Crippen LogP contribution in [0.25, 0.3) is 9.65 Å². The normalized spacial score (nSPS) is 10.3. The quantitative estimate of drug-likeness (QED) is 0.654. The predicted molar refractivity (Wildman–Crippen MR) is 47.4 cm³/mol. The van der Waals surface area contributed by atoms with E-state index >= 15 is 0 Å². The van der Waals surface area contributed by atoms with Crippen LogP contribution in [0.15, 0.2) is 29.2 Å². The summed E-state index contributed by atoms with van der Waals surface area (Å²) in [6.45, 7) is 0. The molecule has 1 aromatic carbocycles. The van der Waals surface area contributed by atoms with Crippen molar-refractivity contribution in [3.63, 3.8) is 0 Å². The summed E-state index contributed by atoms with van der Waals surface area (Å²) < 4.78 is 6.57. The molecule has 0 N–H and O–H groups in total. The summed E-state index contributed by atoms with van der Waals surface area (Å²) in [5.74, 6) is 0.950. The summed E-state index contributed by atoms with van der Waals surface area (Å²) in [7, 11) is 1.70. The van der Waals surface area contributed by atoms with Gasteiger partial charge in [0.2, 0.25) is 0 Å². The summed E-state index contributed by atoms with van der Waals surface area (Å²) in [4.78, 5) is 2.23. The number of benzene rings is 1. The SMILES string of the molecule is COc1ccc2[se]ccc2c1. The molecule has 0 saturated carbocycles. The zero-order chi connectivity index (χ0) is 7.68. The molecule has 0 aliphatic carbocycles. The third-order valence-corrected chi connectivity index (χ3v) is 3.54. The molecule has 0 spiro atoms. The van der Waals surface area contributed by atoms with Gasteiger partial charge in [0.15, 0.2) is 0 Å². The number of hydrogen-bond donors (Lipinski definition) is 0. The van der Waals surface area contributed by atoms with Gasteiger partial charge < -0.3 is 0 Å². The molecule has 0 fully saturated rings. The van der Waals surface area contributed by atoms with E-state index in [0.717, 1.165) is 5.75 Å². The van der Waals surface area contributed by atoms with E-state index < -0.39 is 0 Å². The first-order chi connectivity index (χ1) is 5.40. The van der Waals surface area contributed by atoms with Crippen LogP contribution in [0.2, 0.25) is 0 Å². The van der Waals surface area contributed by atoms with Crippen molar-refractivity contribution in [1.29, 1.82) is 0 Å². The molecule has 0 atom stereocenters. The van der Waals surface area contributed by atoms with E-state index in [1.807, 2.05) is 6.07 Å². The van der Waals surface area contributed by atoms with E-state index in [4.69, 9.17) is 4.74 Å². The van der Waals surface area contributed by atoms with Gasteiger partial charge in [0.1, 0.15) is 0 Å². The zero-order valence-corrected chi connectivity index (χ0v) is 7.92. The van der Waals surface area contributed by atoms with Crippen LogP contribution in [-0.2, 0) is 0 Å². The van der Waals surface area contributed by atoms with Gasteiger partial charge in [0.25, 0.3) is 0 Å². The molecule has 2 heteroatoms. The van der Waals surface area contributed by atoms with Gasteiger partial charge in [0.05, 0.1) is 0 Å². The first-order valence-corrected chi connectivity index (χ1v) is 5.26. The Bertz CT molecular complexity index is 364. The van der Waals surface area contributed by atoms with Gasteiger partial charge in [-0.05, 0) is 0 Å².